The van der Waals surface area contributed by atoms with E-state index in [2.05, 4.69) is 0 Å². The van der Waals surface area contributed by atoms with Crippen LogP contribution in [0.4, 0.5) is 0 Å². The Morgan fingerprint density at radius 2 is 0.818 bits per heavy atom. The van der Waals surface area contributed by atoms with Crippen molar-refractivity contribution in [1.29, 1.82) is 0 Å². The molecule has 1 saturated heterocycles. The van der Waals surface area contributed by atoms with Gasteiger partial charge in [0.1, 0.15) is 95.0 Å². The molecule has 4 aliphatic rings. The van der Waals surface area contributed by atoms with Gasteiger partial charge in [-0.05, 0) is 48.5 Å². The second-order valence-electron chi connectivity index (χ2n) is 21.2. The van der Waals surface area contributed by atoms with Gasteiger partial charge in [-0.15, -0.1) is 0 Å². The Labute approximate surface area is 491 Å². The summed E-state index contributed by atoms with van der Waals surface area (Å²) < 4.78 is 35.8. The molecule has 7 aromatic carbocycles. The van der Waals surface area contributed by atoms with Crippen molar-refractivity contribution in [3.8, 4) is 121 Å². The minimum Gasteiger partial charge on any atom is -0.507 e. The fourth-order valence-electron chi connectivity index (χ4n) is 11.5. The Kier molecular flexibility index (Phi) is 14.7. The lowest BCUT2D eigenvalue weighted by Crippen LogP contribution is -2.60. The van der Waals surface area contributed by atoms with Crippen LogP contribution in [0.3, 0.4) is 0 Å². The second-order valence-corrected chi connectivity index (χ2v) is 21.2. The molecule has 7 aromatic rings. The fraction of sp³-hybridized carbons (Fsp3) is 0.259. The normalized spacial score (nSPS) is 25.4. The van der Waals surface area contributed by atoms with Gasteiger partial charge in [0.15, 0.2) is 87.3 Å². The number of rotatable bonds is 10. The van der Waals surface area contributed by atoms with Crippen molar-refractivity contribution in [2.75, 3.05) is 6.61 Å². The van der Waals surface area contributed by atoms with Crippen molar-refractivity contribution in [3.05, 3.63) is 123 Å². The van der Waals surface area contributed by atoms with Gasteiger partial charge in [-0.3, -0.25) is 0 Å². The van der Waals surface area contributed by atoms with Gasteiger partial charge in [0.2, 0.25) is 6.29 Å². The van der Waals surface area contributed by atoms with Crippen LogP contribution in [0.5, 0.6) is 121 Å². The molecule has 0 bridgehead atoms. The number of esters is 1. The molecular formula is C58H52O30. The standard InChI is InChI=1S/C58H52O30/c59-21-12-23(61)38(55-20(21)11-34(72)52(87-55)15-1-26(64)43(73)27(65)2-15)42-40-25(63)13-24(62)39(56(40)88-54(49(42)79)17-5-30(68)45(75)31(69)6-17)41-37-22(60)9-19(10-35(37)85-53(48(41)78)16-3-28(66)44(74)29(67)4-16)84-58-51(81)50(80)47(77)36(86-58)14-83-57(82)18-7-32(70)46(76)33(71)8-18/h1-10,12-13,34,36,41-42,47-54,58-81H,11,14H2. The number of benzene rings is 7. The maximum atomic E-state index is 12.9. The summed E-state index contributed by atoms with van der Waals surface area (Å²) in [7, 11) is 0. The van der Waals surface area contributed by atoms with E-state index >= 15 is 0 Å². The first-order valence-corrected chi connectivity index (χ1v) is 26.1. The maximum absolute atomic E-state index is 12.9. The SMILES string of the molecule is O=C(OCC1OC(Oc2cc(O)c3c(c2)OC(c2cc(O)c(O)c(O)c2)C(O)C3c2c(O)cc(O)c3c2OC(c2cc(O)c(O)c(O)c2)C(O)C3c2c(O)cc(O)c3c2OC(c2cc(O)c(O)c(O)c2)C(O)C3)C(O)C(O)C1O)c1cc(O)c(O)c(O)c1. The Morgan fingerprint density at radius 1 is 0.409 bits per heavy atom. The molecule has 11 rings (SSSR count). The molecule has 0 amide bonds. The molecular weight excluding hydrogens is 1180 g/mol. The predicted molar refractivity (Wildman–Crippen MR) is 287 cm³/mol. The Bertz CT molecular complexity index is 3890. The van der Waals surface area contributed by atoms with Crippen LogP contribution in [0.2, 0.25) is 0 Å². The van der Waals surface area contributed by atoms with Crippen molar-refractivity contribution < 1.29 is 151 Å². The first-order valence-electron chi connectivity index (χ1n) is 26.1. The molecule has 0 aliphatic carbocycles. The number of ether oxygens (including phenoxy) is 6. The van der Waals surface area contributed by atoms with Crippen molar-refractivity contribution in [2.24, 2.45) is 0 Å². The summed E-state index contributed by atoms with van der Waals surface area (Å²) >= 11 is 0. The minimum atomic E-state index is -2.22. The average Bonchev–Trinajstić information content (AvgIpc) is 0.733. The van der Waals surface area contributed by atoms with Gasteiger partial charge >= 0.3 is 5.97 Å². The third-order valence-electron chi connectivity index (χ3n) is 15.7. The number of phenolic OH excluding ortho intramolecular Hbond substituents is 17. The van der Waals surface area contributed by atoms with E-state index in [1.54, 1.807) is 0 Å². The van der Waals surface area contributed by atoms with Gasteiger partial charge in [-0.25, -0.2) is 4.79 Å². The summed E-state index contributed by atoms with van der Waals surface area (Å²) in [4.78, 5) is 12.9. The fourth-order valence-corrected chi connectivity index (χ4v) is 11.5. The largest absolute Gasteiger partial charge is 0.507 e. The molecule has 4 heterocycles. The maximum Gasteiger partial charge on any atom is 0.338 e. The van der Waals surface area contributed by atoms with Crippen LogP contribution in [-0.4, -0.2) is 179 Å². The molecule has 30 nitrogen and oxygen atoms in total. The highest BCUT2D eigenvalue weighted by Crippen LogP contribution is 2.63. The van der Waals surface area contributed by atoms with Crippen molar-refractivity contribution in [3.63, 3.8) is 0 Å². The third-order valence-corrected chi connectivity index (χ3v) is 15.7. The summed E-state index contributed by atoms with van der Waals surface area (Å²) in [5.41, 5.74) is -4.02. The van der Waals surface area contributed by atoms with Crippen molar-refractivity contribution in [1.82, 2.24) is 0 Å². The first kappa shape index (κ1) is 59.3. The van der Waals surface area contributed by atoms with E-state index in [1.807, 2.05) is 0 Å². The molecule has 1 fully saturated rings. The van der Waals surface area contributed by atoms with Crippen molar-refractivity contribution >= 4 is 5.97 Å². The Hall–Kier alpha value is -10.5. The number of phenols is 17. The Morgan fingerprint density at radius 3 is 1.32 bits per heavy atom. The second kappa shape index (κ2) is 21.8. The molecule has 0 spiro atoms. The molecule has 30 heteroatoms. The van der Waals surface area contributed by atoms with Crippen LogP contribution in [-0.2, 0) is 15.9 Å². The molecule has 13 atom stereocenters. The first-order chi connectivity index (χ1) is 41.5. The molecule has 0 saturated carbocycles. The van der Waals surface area contributed by atoms with Crippen molar-refractivity contribution in [2.45, 2.75) is 85.6 Å². The van der Waals surface area contributed by atoms with Crippen LogP contribution in [0.1, 0.15) is 85.0 Å². The van der Waals surface area contributed by atoms with Crippen LogP contribution in [0.15, 0.2) is 72.8 Å². The highest BCUT2D eigenvalue weighted by atomic mass is 16.7. The highest BCUT2D eigenvalue weighted by molar-refractivity contribution is 5.91. The summed E-state index contributed by atoms with van der Waals surface area (Å²) in [6, 6.07) is 9.85. The molecule has 464 valence electrons. The average molecular weight is 1230 g/mol. The lowest BCUT2D eigenvalue weighted by molar-refractivity contribution is -0.277. The van der Waals surface area contributed by atoms with Gasteiger partial charge in [0.05, 0.1) is 23.5 Å². The van der Waals surface area contributed by atoms with E-state index in [-0.39, 0.29) is 16.7 Å². The van der Waals surface area contributed by atoms with E-state index < -0.39 is 252 Å². The molecule has 13 unspecified atom stereocenters. The predicted octanol–water partition coefficient (Wildman–Crippen LogP) is 2.02. The molecule has 88 heavy (non-hydrogen) atoms. The third kappa shape index (κ3) is 9.84. The number of fused-ring (bicyclic) bond motifs is 3. The lowest BCUT2D eigenvalue weighted by atomic mass is 9.73. The molecule has 0 radical (unpaired) electrons. The van der Waals surface area contributed by atoms with Crippen LogP contribution < -0.4 is 18.9 Å². The number of hydrogen-bond acceptors (Lipinski definition) is 30. The monoisotopic (exact) mass is 1230 g/mol. The highest BCUT2D eigenvalue weighted by Gasteiger charge is 2.52. The van der Waals surface area contributed by atoms with Crippen LogP contribution >= 0.6 is 0 Å². The van der Waals surface area contributed by atoms with E-state index in [1.165, 1.54) is 0 Å². The number of carbonyl (C=O) groups excluding carboxylic acids is 1. The Balaban J connectivity index is 1.06. The number of aliphatic hydroxyl groups is 6. The van der Waals surface area contributed by atoms with E-state index in [9.17, 15) is 122 Å². The summed E-state index contributed by atoms with van der Waals surface area (Å²) in [6.45, 7) is -0.906. The number of aromatic hydroxyl groups is 17. The van der Waals surface area contributed by atoms with E-state index in [0.717, 1.165) is 66.7 Å². The number of hydrogen-bond donors (Lipinski definition) is 23. The summed E-state index contributed by atoms with van der Waals surface area (Å²) in [5.74, 6) is -23.7. The van der Waals surface area contributed by atoms with Gasteiger partial charge in [-0.2, -0.15) is 0 Å². The molecule has 23 N–H and O–H groups in total. The van der Waals surface area contributed by atoms with Gasteiger partial charge in [-0.1, -0.05) is 0 Å². The molecule has 0 aromatic heterocycles. The van der Waals surface area contributed by atoms with Gasteiger partial charge in [0, 0.05) is 75.2 Å². The summed E-state index contributed by atoms with van der Waals surface area (Å²) in [6.07, 6.45) is -22.2. The van der Waals surface area contributed by atoms with Gasteiger partial charge in [0.25, 0.3) is 0 Å². The summed E-state index contributed by atoms with van der Waals surface area (Å²) in [5, 5.41) is 254. The van der Waals surface area contributed by atoms with Crippen LogP contribution in [0, 0.1) is 0 Å². The molecule has 4 aliphatic heterocycles. The quantitative estimate of drug-likeness (QED) is 0.0688. The van der Waals surface area contributed by atoms with Crippen LogP contribution in [0.25, 0.3) is 0 Å². The van der Waals surface area contributed by atoms with E-state index in [0.29, 0.717) is 6.07 Å². The smallest absolute Gasteiger partial charge is 0.338 e. The lowest BCUT2D eigenvalue weighted by Gasteiger charge is -2.43. The van der Waals surface area contributed by atoms with Gasteiger partial charge < -0.3 is 146 Å². The zero-order chi connectivity index (χ0) is 63.5. The van der Waals surface area contributed by atoms with E-state index in [4.69, 9.17) is 28.4 Å². The zero-order valence-corrected chi connectivity index (χ0v) is 44.5. The topological polar surface area (TPSA) is 538 Å². The minimum absolute atomic E-state index is 0.194. The number of aliphatic hydroxyl groups excluding tert-OH is 6. The number of carbonyl (C=O) groups is 1. The zero-order valence-electron chi connectivity index (χ0n) is 44.5.